The number of aliphatic carboxylic acids is 5. The van der Waals surface area contributed by atoms with Crippen molar-refractivity contribution in [2.24, 2.45) is 70.7 Å². The molecule has 10 atom stereocenters. The lowest BCUT2D eigenvalue weighted by molar-refractivity contribution is -0.144. The van der Waals surface area contributed by atoms with Crippen LogP contribution in [0.5, 0.6) is 28.7 Å². The van der Waals surface area contributed by atoms with Crippen LogP contribution in [0.3, 0.4) is 0 Å². The number of hydrogen-bond acceptors (Lipinski definition) is 25. The summed E-state index contributed by atoms with van der Waals surface area (Å²) in [5.74, 6) is -0.354. The third kappa shape index (κ3) is 32.5. The number of nitrogens with zero attached hydrogens (tertiary/aromatic N) is 15. The van der Waals surface area contributed by atoms with E-state index in [-0.39, 0.29) is 105 Å². The van der Waals surface area contributed by atoms with Crippen LogP contribution in [0.1, 0.15) is 228 Å². The number of aromatic nitrogens is 15. The van der Waals surface area contributed by atoms with Crippen LogP contribution in [-0.2, 0) is 118 Å². The molecule has 0 saturated heterocycles. The van der Waals surface area contributed by atoms with Gasteiger partial charge in [-0.05, 0) is 300 Å². The Morgan fingerprint density at radius 2 is 0.587 bits per heavy atom. The Morgan fingerprint density at radius 3 is 0.927 bits per heavy atom. The zero-order valence-corrected chi connectivity index (χ0v) is 88.5. The zero-order chi connectivity index (χ0) is 104. The first-order valence-corrected chi connectivity index (χ1v) is 52.1. The van der Waals surface area contributed by atoms with Gasteiger partial charge >= 0.3 is 29.8 Å². The number of hydrogen-bond donors (Lipinski definition) is 7. The molecular weight excluding hydrogens is 1950 g/mol. The van der Waals surface area contributed by atoms with E-state index < -0.39 is 29.8 Å². The van der Waals surface area contributed by atoms with Crippen LogP contribution in [-0.4, -0.2) is 179 Å². The molecule has 5 heterocycles. The van der Waals surface area contributed by atoms with E-state index in [4.69, 9.17) is 37.9 Å². The smallest absolute Gasteiger partial charge is 0.306 e. The Bertz CT molecular complexity index is 6260. The molecule has 19 rings (SSSR count). The van der Waals surface area contributed by atoms with Crippen molar-refractivity contribution < 1.29 is 92.2 Å². The molecule has 7 N–H and O–H groups in total. The first-order chi connectivity index (χ1) is 71.7. The molecule has 7 fully saturated rings. The van der Waals surface area contributed by atoms with Crippen LogP contribution >= 0.6 is 27.0 Å². The lowest BCUT2D eigenvalue weighted by Gasteiger charge is -2.27. The van der Waals surface area contributed by atoms with Crippen molar-refractivity contribution in [1.82, 2.24) is 80.3 Å². The second-order valence-corrected chi connectivity index (χ2v) is 39.9. The Hall–Kier alpha value is -13.6. The van der Waals surface area contributed by atoms with Crippen LogP contribution in [0.15, 0.2) is 182 Å². The van der Waals surface area contributed by atoms with Crippen LogP contribution in [0.4, 0.5) is 5.82 Å². The minimum Gasteiger partial charge on any atom is -0.490 e. The van der Waals surface area contributed by atoms with Crippen molar-refractivity contribution in [2.75, 3.05) is 5.32 Å². The average Bonchev–Trinajstić information content (AvgIpc) is 1.68. The highest BCUT2D eigenvalue weighted by molar-refractivity contribution is 7.59. The fourth-order valence-electron chi connectivity index (χ4n) is 20.3. The van der Waals surface area contributed by atoms with Crippen LogP contribution in [0.25, 0.3) is 56.3 Å². The van der Waals surface area contributed by atoms with E-state index >= 15 is 0 Å². The number of rotatable bonds is 36. The quantitative estimate of drug-likeness (QED) is 0.0192. The van der Waals surface area contributed by atoms with E-state index in [0.29, 0.717) is 77.7 Å². The number of carboxylic acids is 5. The van der Waals surface area contributed by atoms with Gasteiger partial charge in [0.2, 0.25) is 5.91 Å². The summed E-state index contributed by atoms with van der Waals surface area (Å²) in [7, 11) is 9.30. The number of aryl methyl sites for hydroxylation is 5. The maximum atomic E-state index is 12.4. The molecule has 7 saturated carbocycles. The molecule has 150 heavy (non-hydrogen) atoms. The SMILES string of the molecule is CC(C)OCc1c(-c2ccc(O[C@H]3CCC[C@H](C(=O)O)C3)cc2)nnn1C.Cn1nnc(-c2ccc(O[C@H]3CCC[C@H](C(=O)O)C3)cc2)c1CNC(=O)C1CCCC1.Cn1nnc(-c2ccc(O[C@H]3CCC[C@H](C(=O)O)C3)cc2)c1COC1CCCC1.Cn1nnc(-c2ccc(O[C@H]3CCC[C@H](C(=O)O)C3)cc2)c1COCc1ccccc1.Cn1nnc(-c2ccc(O[C@H]3CCC[C@H](C(=O)O)C3)cc2)c1NCc1ccccc1.S.S. The summed E-state index contributed by atoms with van der Waals surface area (Å²) < 4.78 is 56.5. The number of anilines is 1. The van der Waals surface area contributed by atoms with Gasteiger partial charge in [0, 0.05) is 75.5 Å². The molecule has 1 amide bonds. The molecule has 12 aromatic rings. The molecule has 7 aromatic carbocycles. The summed E-state index contributed by atoms with van der Waals surface area (Å²) in [6.07, 6.45) is 24.5. The zero-order valence-electron chi connectivity index (χ0n) is 86.5. The normalized spacial score (nSPS) is 20.1. The van der Waals surface area contributed by atoms with Crippen molar-refractivity contribution in [2.45, 2.75) is 276 Å². The molecular formula is C112H143N17O19S2. The molecule has 0 aliphatic heterocycles. The number of ether oxygens (including phenoxy) is 8. The number of nitrogens with one attached hydrogen (secondary N) is 2. The highest BCUT2D eigenvalue weighted by Crippen LogP contribution is 2.39. The van der Waals surface area contributed by atoms with Crippen molar-refractivity contribution in [3.05, 3.63) is 216 Å². The van der Waals surface area contributed by atoms with E-state index in [1.54, 1.807) is 23.4 Å². The number of amides is 1. The van der Waals surface area contributed by atoms with Gasteiger partial charge in [-0.1, -0.05) is 112 Å². The Morgan fingerprint density at radius 1 is 0.307 bits per heavy atom. The summed E-state index contributed by atoms with van der Waals surface area (Å²) in [6, 6.07) is 58.9. The highest BCUT2D eigenvalue weighted by Gasteiger charge is 2.35. The van der Waals surface area contributed by atoms with Gasteiger partial charge in [0.15, 0.2) is 5.82 Å². The van der Waals surface area contributed by atoms with Crippen LogP contribution < -0.4 is 34.3 Å². The molecule has 36 nitrogen and oxygen atoms in total. The fourth-order valence-corrected chi connectivity index (χ4v) is 20.3. The van der Waals surface area contributed by atoms with Crippen molar-refractivity contribution in [3.63, 3.8) is 0 Å². The van der Waals surface area contributed by atoms with Crippen LogP contribution in [0, 0.1) is 35.5 Å². The third-order valence-corrected chi connectivity index (χ3v) is 28.7. The van der Waals surface area contributed by atoms with Crippen molar-refractivity contribution >= 4 is 68.6 Å². The summed E-state index contributed by atoms with van der Waals surface area (Å²) >= 11 is 0. The van der Waals surface area contributed by atoms with Gasteiger partial charge < -0.3 is 74.1 Å². The molecule has 5 aromatic heterocycles. The lowest BCUT2D eigenvalue weighted by atomic mass is 9.87. The van der Waals surface area contributed by atoms with Gasteiger partial charge in [-0.15, -0.1) is 25.5 Å². The number of carboxylic acid groups (broad SMARTS) is 5. The molecule has 802 valence electrons. The van der Waals surface area contributed by atoms with Gasteiger partial charge in [0.1, 0.15) is 57.2 Å². The molecule has 7 aliphatic rings. The summed E-state index contributed by atoms with van der Waals surface area (Å²) in [5.41, 5.74) is 14.6. The van der Waals surface area contributed by atoms with E-state index in [0.717, 1.165) is 254 Å². The van der Waals surface area contributed by atoms with Gasteiger partial charge in [-0.3, -0.25) is 28.8 Å². The molecule has 38 heteroatoms. The van der Waals surface area contributed by atoms with Crippen molar-refractivity contribution in [1.29, 1.82) is 0 Å². The van der Waals surface area contributed by atoms with Gasteiger partial charge in [0.05, 0.1) is 128 Å². The van der Waals surface area contributed by atoms with Gasteiger partial charge in [0.25, 0.3) is 0 Å². The van der Waals surface area contributed by atoms with E-state index in [1.807, 2.05) is 219 Å². The van der Waals surface area contributed by atoms with E-state index in [1.165, 1.54) is 18.4 Å². The predicted octanol–water partition coefficient (Wildman–Crippen LogP) is 19.3. The van der Waals surface area contributed by atoms with E-state index in [9.17, 15) is 54.3 Å². The van der Waals surface area contributed by atoms with Crippen LogP contribution in [0.2, 0.25) is 0 Å². The topological polar surface area (TPSA) is 455 Å². The molecule has 0 radical (unpaired) electrons. The number of carbonyl (C=O) groups excluding carboxylic acids is 1. The second kappa shape index (κ2) is 56.3. The third-order valence-electron chi connectivity index (χ3n) is 28.7. The largest absolute Gasteiger partial charge is 0.490 e. The lowest BCUT2D eigenvalue weighted by Crippen LogP contribution is -2.29. The van der Waals surface area contributed by atoms with Gasteiger partial charge in [-0.25, -0.2) is 23.4 Å². The maximum Gasteiger partial charge on any atom is 0.306 e. The average molecular weight is 2100 g/mol. The summed E-state index contributed by atoms with van der Waals surface area (Å²) in [6.45, 7) is 6.97. The van der Waals surface area contributed by atoms with E-state index in [2.05, 4.69) is 74.3 Å². The minimum absolute atomic E-state index is 0. The first-order valence-electron chi connectivity index (χ1n) is 52.1. The maximum absolute atomic E-state index is 12.4. The molecule has 0 bridgehead atoms. The fraction of sp³-hybridized carbons (Fsp3) is 0.482. The minimum atomic E-state index is -0.737. The molecule has 0 spiro atoms. The highest BCUT2D eigenvalue weighted by atomic mass is 32.1. The second-order valence-electron chi connectivity index (χ2n) is 39.9. The number of benzene rings is 7. The summed E-state index contributed by atoms with van der Waals surface area (Å²) in [4.78, 5) is 68.6. The first kappa shape index (κ1) is 114. The van der Waals surface area contributed by atoms with Gasteiger partial charge in [-0.2, -0.15) is 27.0 Å². The Balaban J connectivity index is 0.000000156. The Kier molecular flexibility index (Phi) is 42.7. The molecule has 7 aliphatic carbocycles. The van der Waals surface area contributed by atoms with Crippen molar-refractivity contribution in [3.8, 4) is 85.0 Å². The standard InChI is InChI=1S/C24H27N3O4.C23H30N4O4.C23H26N4O3.C22H29N3O4.C20H27N3O4.2H2S/c1-27-22(16-30-15-17-6-3-2-4-7-17)23(25-26-27)18-10-12-20(13-11-18)31-21-9-5-8-19(14-21)24(28)29;1-27-20(14-24-22(28)16-5-2-3-6-16)21(25-26-27)15-9-11-18(12-10-15)31-19-8-4-7-17(13-19)23(29)30;1-27-22(24-15-16-6-3-2-4-7-16)21(25-26-27)17-10-12-19(13-11-17)30-20-9-5-8-18(14-20)23(28)29;1-25-20(14-28-17-6-2-3-7-17)21(23-24-25)15-9-11-18(12-10-15)29-19-8-4-5-16(13-19)22(26)27;1-13(2)26-12-18-19(21-22-23(18)3)14-7-9-16(10-8-14)27-17-6-4-5-15(11-17)20(24)25;;/h2-4,6-7,10-13,19,21H,5,8-9,14-16H2,1H3,(H,28,29);9-12,16-17,19H,2-8,13-14H2,1H3,(H,24,28)(H,29,30);2-4,6-7,10-13,18,20,24H,5,8-9,14-15H2,1H3,(H,28,29);9-12,16-17,19H,2-8,13-14H2,1H3,(H,26,27);7-10,13,15,17H,4-6,11-12H2,1-3H3,(H,24,25);2*1H2/t19-,21-;17-,19-;18-,20-;16-,19-;15-,17-;;/m00000../s1. The monoisotopic (exact) mass is 2090 g/mol. The number of carbonyl (C=O) groups is 6. The molecule has 0 unspecified atom stereocenters. The predicted molar refractivity (Wildman–Crippen MR) is 572 cm³/mol. The summed E-state index contributed by atoms with van der Waals surface area (Å²) in [5, 5.41) is 95.0. The Labute approximate surface area is 888 Å².